The molecule has 8 nitrogen and oxygen atoms in total. The molecule has 1 aromatic carbocycles. The Morgan fingerprint density at radius 2 is 2.27 bits per heavy atom. The highest BCUT2D eigenvalue weighted by molar-refractivity contribution is 6.31. The van der Waals surface area contributed by atoms with E-state index in [2.05, 4.69) is 25.3 Å². The van der Waals surface area contributed by atoms with Crippen molar-refractivity contribution in [1.29, 1.82) is 0 Å². The van der Waals surface area contributed by atoms with Crippen LogP contribution in [0.1, 0.15) is 11.9 Å². The van der Waals surface area contributed by atoms with Crippen LogP contribution in [0.2, 0.25) is 5.02 Å². The summed E-state index contributed by atoms with van der Waals surface area (Å²) in [5.74, 6) is 0.590. The van der Waals surface area contributed by atoms with E-state index in [1.54, 1.807) is 13.3 Å². The van der Waals surface area contributed by atoms with E-state index in [0.29, 0.717) is 37.2 Å². The molecule has 4 rings (SSSR count). The molecule has 0 radical (unpaired) electrons. The summed E-state index contributed by atoms with van der Waals surface area (Å²) in [5, 5.41) is 14.3. The number of methoxy groups -OCH3 is 1. The van der Waals surface area contributed by atoms with Gasteiger partial charge in [0.25, 0.3) is 0 Å². The van der Waals surface area contributed by atoms with E-state index in [-0.39, 0.29) is 6.10 Å². The molecular formula is C17H19ClN6O2. The van der Waals surface area contributed by atoms with Gasteiger partial charge in [0.1, 0.15) is 6.10 Å². The third kappa shape index (κ3) is 3.48. The number of tetrazole rings is 1. The van der Waals surface area contributed by atoms with Crippen LogP contribution in [0.3, 0.4) is 0 Å². The number of morpholine rings is 1. The number of benzene rings is 1. The molecule has 1 atom stereocenters. The zero-order valence-electron chi connectivity index (χ0n) is 14.4. The maximum Gasteiger partial charge on any atom is 0.205 e. The predicted octanol–water partition coefficient (Wildman–Crippen LogP) is 2.10. The summed E-state index contributed by atoms with van der Waals surface area (Å²) >= 11 is 6.09. The number of aromatic nitrogens is 5. The first-order chi connectivity index (χ1) is 12.7. The van der Waals surface area contributed by atoms with Crippen molar-refractivity contribution in [3.8, 4) is 0 Å². The zero-order valence-corrected chi connectivity index (χ0v) is 15.1. The maximum absolute atomic E-state index is 6.09. The normalized spacial score (nSPS) is 17.8. The first kappa shape index (κ1) is 17.1. The minimum absolute atomic E-state index is 0.226. The molecule has 0 saturated carbocycles. The van der Waals surface area contributed by atoms with Crippen molar-refractivity contribution in [1.82, 2.24) is 25.2 Å². The maximum atomic E-state index is 6.09. The lowest BCUT2D eigenvalue weighted by atomic mass is 10.1. The fourth-order valence-electron chi connectivity index (χ4n) is 3.06. The van der Waals surface area contributed by atoms with Crippen LogP contribution >= 0.6 is 11.6 Å². The Kier molecular flexibility index (Phi) is 4.96. The van der Waals surface area contributed by atoms with Gasteiger partial charge in [-0.15, -0.1) is 10.2 Å². The molecule has 26 heavy (non-hydrogen) atoms. The largest absolute Gasteiger partial charge is 0.383 e. The molecule has 1 aliphatic heterocycles. The SMILES string of the molecule is COCCn1nnc(C2CN(c3ccnc4cc(Cl)ccc34)CCO2)n1. The highest BCUT2D eigenvalue weighted by atomic mass is 35.5. The lowest BCUT2D eigenvalue weighted by Gasteiger charge is -2.33. The second-order valence-corrected chi connectivity index (χ2v) is 6.47. The van der Waals surface area contributed by atoms with Gasteiger partial charge in [0.15, 0.2) is 0 Å². The molecule has 1 aliphatic rings. The summed E-state index contributed by atoms with van der Waals surface area (Å²) in [6, 6.07) is 7.78. The number of ether oxygens (including phenoxy) is 2. The van der Waals surface area contributed by atoms with Gasteiger partial charge >= 0.3 is 0 Å². The molecule has 0 N–H and O–H groups in total. The summed E-state index contributed by atoms with van der Waals surface area (Å²) < 4.78 is 10.9. The first-order valence-corrected chi connectivity index (χ1v) is 8.80. The van der Waals surface area contributed by atoms with Crippen molar-refractivity contribution in [2.45, 2.75) is 12.6 Å². The van der Waals surface area contributed by atoms with E-state index in [1.165, 1.54) is 4.80 Å². The molecule has 2 aromatic heterocycles. The number of hydrogen-bond donors (Lipinski definition) is 0. The first-order valence-electron chi connectivity index (χ1n) is 8.42. The van der Waals surface area contributed by atoms with Gasteiger partial charge in [0, 0.05) is 35.9 Å². The Labute approximate surface area is 155 Å². The minimum Gasteiger partial charge on any atom is -0.383 e. The highest BCUT2D eigenvalue weighted by Crippen LogP contribution is 2.30. The van der Waals surface area contributed by atoms with E-state index >= 15 is 0 Å². The fourth-order valence-corrected chi connectivity index (χ4v) is 3.22. The summed E-state index contributed by atoms with van der Waals surface area (Å²) in [5.41, 5.74) is 1.98. The average Bonchev–Trinajstić information content (AvgIpc) is 3.15. The molecule has 1 fully saturated rings. The van der Waals surface area contributed by atoms with E-state index < -0.39 is 0 Å². The van der Waals surface area contributed by atoms with Crippen LogP contribution in [0, 0.1) is 0 Å². The Balaban J connectivity index is 1.56. The topological polar surface area (TPSA) is 78.2 Å². The van der Waals surface area contributed by atoms with Gasteiger partial charge in [0.05, 0.1) is 31.8 Å². The quantitative estimate of drug-likeness (QED) is 0.676. The van der Waals surface area contributed by atoms with Crippen LogP contribution in [0.5, 0.6) is 0 Å². The number of rotatable bonds is 5. The van der Waals surface area contributed by atoms with Crippen LogP contribution in [-0.2, 0) is 16.0 Å². The molecule has 0 spiro atoms. The van der Waals surface area contributed by atoms with Crippen LogP contribution in [0.25, 0.3) is 10.9 Å². The summed E-state index contributed by atoms with van der Waals surface area (Å²) in [6.45, 7) is 3.14. The molecule has 0 bridgehead atoms. The van der Waals surface area contributed by atoms with Crippen molar-refractivity contribution in [2.75, 3.05) is 38.3 Å². The lowest BCUT2D eigenvalue weighted by molar-refractivity contribution is 0.0338. The smallest absolute Gasteiger partial charge is 0.205 e. The van der Waals surface area contributed by atoms with Gasteiger partial charge in [-0.25, -0.2) is 0 Å². The monoisotopic (exact) mass is 374 g/mol. The molecule has 3 heterocycles. The third-order valence-electron chi connectivity index (χ3n) is 4.34. The van der Waals surface area contributed by atoms with Gasteiger partial charge in [-0.05, 0) is 29.5 Å². The number of fused-ring (bicyclic) bond motifs is 1. The number of halogens is 1. The Morgan fingerprint density at radius 1 is 1.35 bits per heavy atom. The van der Waals surface area contributed by atoms with E-state index in [1.807, 2.05) is 24.3 Å². The molecule has 1 saturated heterocycles. The Hall–Kier alpha value is -2.29. The zero-order chi connectivity index (χ0) is 17.9. The molecule has 0 amide bonds. The summed E-state index contributed by atoms with van der Waals surface area (Å²) in [7, 11) is 1.65. The summed E-state index contributed by atoms with van der Waals surface area (Å²) in [4.78, 5) is 8.21. The molecular weight excluding hydrogens is 356 g/mol. The van der Waals surface area contributed by atoms with Gasteiger partial charge in [0.2, 0.25) is 5.82 Å². The highest BCUT2D eigenvalue weighted by Gasteiger charge is 2.27. The van der Waals surface area contributed by atoms with E-state index in [4.69, 9.17) is 21.1 Å². The van der Waals surface area contributed by atoms with Crippen molar-refractivity contribution < 1.29 is 9.47 Å². The van der Waals surface area contributed by atoms with E-state index in [9.17, 15) is 0 Å². The lowest BCUT2D eigenvalue weighted by Crippen LogP contribution is -2.39. The fraction of sp³-hybridized carbons (Fsp3) is 0.412. The minimum atomic E-state index is -0.226. The number of hydrogen-bond acceptors (Lipinski definition) is 7. The second kappa shape index (κ2) is 7.53. The molecule has 0 aliphatic carbocycles. The van der Waals surface area contributed by atoms with E-state index in [0.717, 1.165) is 23.1 Å². The third-order valence-corrected chi connectivity index (χ3v) is 4.58. The van der Waals surface area contributed by atoms with Crippen molar-refractivity contribution in [3.63, 3.8) is 0 Å². The van der Waals surface area contributed by atoms with Gasteiger partial charge < -0.3 is 14.4 Å². The summed E-state index contributed by atoms with van der Waals surface area (Å²) in [6.07, 6.45) is 1.58. The van der Waals surface area contributed by atoms with Crippen molar-refractivity contribution >= 4 is 28.2 Å². The Bertz CT molecular complexity index is 902. The average molecular weight is 375 g/mol. The molecule has 3 aromatic rings. The van der Waals surface area contributed by atoms with Gasteiger partial charge in [-0.1, -0.05) is 11.6 Å². The number of nitrogens with zero attached hydrogens (tertiary/aromatic N) is 6. The standard InChI is InChI=1S/C17H19ClN6O2/c1-25-8-7-24-21-17(20-22-24)16-11-23(6-9-26-16)15-4-5-19-14-10-12(18)2-3-13(14)15/h2-5,10,16H,6-9,11H2,1H3. The molecule has 136 valence electrons. The number of anilines is 1. The predicted molar refractivity (Wildman–Crippen MR) is 97.4 cm³/mol. The molecule has 1 unspecified atom stereocenters. The van der Waals surface area contributed by atoms with Crippen LogP contribution in [0.15, 0.2) is 30.5 Å². The number of pyridine rings is 1. The van der Waals surface area contributed by atoms with Gasteiger partial charge in [-0.3, -0.25) is 4.98 Å². The van der Waals surface area contributed by atoms with Crippen LogP contribution in [0.4, 0.5) is 5.69 Å². The molecule has 9 heteroatoms. The van der Waals surface area contributed by atoms with Crippen LogP contribution < -0.4 is 4.90 Å². The van der Waals surface area contributed by atoms with Crippen molar-refractivity contribution in [2.24, 2.45) is 0 Å². The Morgan fingerprint density at radius 3 is 3.15 bits per heavy atom. The van der Waals surface area contributed by atoms with Gasteiger partial charge in [-0.2, -0.15) is 4.80 Å². The van der Waals surface area contributed by atoms with Crippen LogP contribution in [-0.4, -0.2) is 58.6 Å². The second-order valence-electron chi connectivity index (χ2n) is 6.03. The van der Waals surface area contributed by atoms with Crippen molar-refractivity contribution in [3.05, 3.63) is 41.3 Å².